The molecule has 0 saturated carbocycles. The average molecular weight is 248 g/mol. The Morgan fingerprint density at radius 2 is 1.83 bits per heavy atom. The SMILES string of the molecule is CCC(CC)C(NC(=O)CCN)c1ccccc1. The molecule has 1 atom stereocenters. The minimum Gasteiger partial charge on any atom is -0.349 e. The van der Waals surface area contributed by atoms with Gasteiger partial charge in [-0.3, -0.25) is 4.79 Å². The standard InChI is InChI=1S/C15H24N2O/c1-3-12(4-2)15(17-14(18)10-11-16)13-8-6-5-7-9-13/h5-9,12,15H,3-4,10-11,16H2,1-2H3,(H,17,18). The fourth-order valence-electron chi connectivity index (χ4n) is 2.27. The molecule has 0 bridgehead atoms. The Bertz CT molecular complexity index is 347. The van der Waals surface area contributed by atoms with Crippen molar-refractivity contribution in [3.63, 3.8) is 0 Å². The molecule has 0 aliphatic rings. The van der Waals surface area contributed by atoms with Crippen LogP contribution in [0.2, 0.25) is 0 Å². The molecule has 18 heavy (non-hydrogen) atoms. The van der Waals surface area contributed by atoms with E-state index in [2.05, 4.69) is 31.3 Å². The van der Waals surface area contributed by atoms with E-state index >= 15 is 0 Å². The lowest BCUT2D eigenvalue weighted by molar-refractivity contribution is -0.122. The summed E-state index contributed by atoms with van der Waals surface area (Å²) in [5.74, 6) is 0.507. The number of nitrogens with one attached hydrogen (secondary N) is 1. The van der Waals surface area contributed by atoms with Crippen LogP contribution >= 0.6 is 0 Å². The number of amides is 1. The first-order chi connectivity index (χ1) is 8.72. The zero-order chi connectivity index (χ0) is 13.4. The molecule has 0 aliphatic carbocycles. The molecule has 0 aromatic heterocycles. The van der Waals surface area contributed by atoms with E-state index in [1.165, 1.54) is 5.56 Å². The predicted octanol–water partition coefficient (Wildman–Crippen LogP) is 2.63. The number of hydrogen-bond acceptors (Lipinski definition) is 2. The van der Waals surface area contributed by atoms with E-state index in [0.29, 0.717) is 18.9 Å². The molecule has 3 N–H and O–H groups in total. The molecule has 1 rings (SSSR count). The second-order valence-corrected chi connectivity index (χ2v) is 4.57. The third-order valence-corrected chi connectivity index (χ3v) is 3.37. The second kappa shape index (κ2) is 7.88. The van der Waals surface area contributed by atoms with Crippen LogP contribution in [0.3, 0.4) is 0 Å². The van der Waals surface area contributed by atoms with Gasteiger partial charge in [0, 0.05) is 13.0 Å². The highest BCUT2D eigenvalue weighted by molar-refractivity contribution is 5.76. The molecular weight excluding hydrogens is 224 g/mol. The average Bonchev–Trinajstić information content (AvgIpc) is 2.40. The Labute approximate surface area is 110 Å². The summed E-state index contributed by atoms with van der Waals surface area (Å²) in [5.41, 5.74) is 6.60. The van der Waals surface area contributed by atoms with Gasteiger partial charge in [0.25, 0.3) is 0 Å². The summed E-state index contributed by atoms with van der Waals surface area (Å²) in [5, 5.41) is 3.12. The van der Waals surface area contributed by atoms with E-state index in [0.717, 1.165) is 12.8 Å². The number of carbonyl (C=O) groups excluding carboxylic acids is 1. The first kappa shape index (κ1) is 14.7. The van der Waals surface area contributed by atoms with Crippen LogP contribution in [0.1, 0.15) is 44.7 Å². The van der Waals surface area contributed by atoms with Crippen molar-refractivity contribution in [2.75, 3.05) is 6.54 Å². The lowest BCUT2D eigenvalue weighted by atomic mass is 9.88. The summed E-state index contributed by atoms with van der Waals surface area (Å²) in [6.07, 6.45) is 2.50. The van der Waals surface area contributed by atoms with Gasteiger partial charge in [-0.1, -0.05) is 57.0 Å². The van der Waals surface area contributed by atoms with Crippen LogP contribution in [0.25, 0.3) is 0 Å². The second-order valence-electron chi connectivity index (χ2n) is 4.57. The normalized spacial score (nSPS) is 12.4. The lowest BCUT2D eigenvalue weighted by Gasteiger charge is -2.27. The van der Waals surface area contributed by atoms with Gasteiger partial charge in [0.1, 0.15) is 0 Å². The maximum Gasteiger partial charge on any atom is 0.221 e. The molecule has 0 radical (unpaired) electrons. The van der Waals surface area contributed by atoms with Crippen LogP contribution in [0.4, 0.5) is 0 Å². The minimum absolute atomic E-state index is 0.0400. The Hall–Kier alpha value is -1.35. The van der Waals surface area contributed by atoms with Crippen LogP contribution in [0, 0.1) is 5.92 Å². The Morgan fingerprint density at radius 3 is 2.33 bits per heavy atom. The summed E-state index contributed by atoms with van der Waals surface area (Å²) in [6, 6.07) is 10.3. The molecule has 0 saturated heterocycles. The van der Waals surface area contributed by atoms with Gasteiger partial charge in [0.2, 0.25) is 5.91 Å². The summed E-state index contributed by atoms with van der Waals surface area (Å²) < 4.78 is 0. The highest BCUT2D eigenvalue weighted by Crippen LogP contribution is 2.27. The molecule has 1 amide bonds. The van der Waals surface area contributed by atoms with Crippen molar-refractivity contribution in [3.8, 4) is 0 Å². The number of benzene rings is 1. The summed E-state index contributed by atoms with van der Waals surface area (Å²) in [6.45, 7) is 4.73. The Kier molecular flexibility index (Phi) is 6.44. The van der Waals surface area contributed by atoms with Gasteiger partial charge in [-0.25, -0.2) is 0 Å². The third kappa shape index (κ3) is 4.15. The fraction of sp³-hybridized carbons (Fsp3) is 0.533. The number of rotatable bonds is 7. The maximum atomic E-state index is 11.8. The van der Waals surface area contributed by atoms with E-state index in [4.69, 9.17) is 5.73 Å². The topological polar surface area (TPSA) is 55.1 Å². The van der Waals surface area contributed by atoms with Crippen molar-refractivity contribution in [2.45, 2.75) is 39.2 Å². The highest BCUT2D eigenvalue weighted by atomic mass is 16.1. The molecule has 3 heteroatoms. The van der Waals surface area contributed by atoms with Crippen LogP contribution in [0.5, 0.6) is 0 Å². The van der Waals surface area contributed by atoms with Gasteiger partial charge < -0.3 is 11.1 Å². The van der Waals surface area contributed by atoms with E-state index in [1.54, 1.807) is 0 Å². The van der Waals surface area contributed by atoms with E-state index in [-0.39, 0.29) is 11.9 Å². The van der Waals surface area contributed by atoms with Gasteiger partial charge >= 0.3 is 0 Å². The quantitative estimate of drug-likeness (QED) is 0.779. The minimum atomic E-state index is 0.0400. The van der Waals surface area contributed by atoms with Crippen LogP contribution in [-0.2, 0) is 4.79 Å². The van der Waals surface area contributed by atoms with E-state index < -0.39 is 0 Å². The van der Waals surface area contributed by atoms with Crippen LogP contribution < -0.4 is 11.1 Å². The molecule has 1 unspecified atom stereocenters. The van der Waals surface area contributed by atoms with Crippen molar-refractivity contribution >= 4 is 5.91 Å². The zero-order valence-corrected chi connectivity index (χ0v) is 11.4. The van der Waals surface area contributed by atoms with E-state index in [9.17, 15) is 4.79 Å². The lowest BCUT2D eigenvalue weighted by Crippen LogP contribution is -2.34. The van der Waals surface area contributed by atoms with Gasteiger partial charge in [0.15, 0.2) is 0 Å². The molecule has 3 nitrogen and oxygen atoms in total. The summed E-state index contributed by atoms with van der Waals surface area (Å²) >= 11 is 0. The smallest absolute Gasteiger partial charge is 0.221 e. The Morgan fingerprint density at radius 1 is 1.22 bits per heavy atom. The van der Waals surface area contributed by atoms with Crippen LogP contribution in [0.15, 0.2) is 30.3 Å². The zero-order valence-electron chi connectivity index (χ0n) is 11.4. The molecular formula is C15H24N2O. The Balaban J connectivity index is 2.85. The highest BCUT2D eigenvalue weighted by Gasteiger charge is 2.21. The monoisotopic (exact) mass is 248 g/mol. The summed E-state index contributed by atoms with van der Waals surface area (Å²) in [4.78, 5) is 11.8. The van der Waals surface area contributed by atoms with Crippen molar-refractivity contribution in [2.24, 2.45) is 11.7 Å². The number of carbonyl (C=O) groups is 1. The van der Waals surface area contributed by atoms with Gasteiger partial charge in [0.05, 0.1) is 6.04 Å². The predicted molar refractivity (Wildman–Crippen MR) is 75.1 cm³/mol. The molecule has 0 aliphatic heterocycles. The number of hydrogen-bond donors (Lipinski definition) is 2. The van der Waals surface area contributed by atoms with Crippen molar-refractivity contribution in [1.29, 1.82) is 0 Å². The molecule has 0 spiro atoms. The largest absolute Gasteiger partial charge is 0.349 e. The van der Waals surface area contributed by atoms with Gasteiger partial charge in [-0.15, -0.1) is 0 Å². The maximum absolute atomic E-state index is 11.8. The third-order valence-electron chi connectivity index (χ3n) is 3.37. The first-order valence-electron chi connectivity index (χ1n) is 6.77. The number of nitrogens with two attached hydrogens (primary N) is 1. The molecule has 0 fully saturated rings. The molecule has 1 aromatic rings. The summed E-state index contributed by atoms with van der Waals surface area (Å²) in [7, 11) is 0. The fourth-order valence-corrected chi connectivity index (χ4v) is 2.27. The molecule has 0 heterocycles. The van der Waals surface area contributed by atoms with Gasteiger partial charge in [-0.05, 0) is 11.5 Å². The van der Waals surface area contributed by atoms with Crippen molar-refractivity contribution < 1.29 is 4.79 Å². The van der Waals surface area contributed by atoms with Crippen LogP contribution in [-0.4, -0.2) is 12.5 Å². The first-order valence-corrected chi connectivity index (χ1v) is 6.77. The van der Waals surface area contributed by atoms with Crippen molar-refractivity contribution in [3.05, 3.63) is 35.9 Å². The van der Waals surface area contributed by atoms with Crippen molar-refractivity contribution in [1.82, 2.24) is 5.32 Å². The molecule has 100 valence electrons. The van der Waals surface area contributed by atoms with E-state index in [1.807, 2.05) is 18.2 Å². The van der Waals surface area contributed by atoms with Gasteiger partial charge in [-0.2, -0.15) is 0 Å². The molecule has 1 aromatic carbocycles.